The molecule has 0 saturated carbocycles. The van der Waals surface area contributed by atoms with Gasteiger partial charge >= 0.3 is 12.0 Å². The maximum Gasteiger partial charge on any atom is 0.335 e. The number of carbonyl (C=O) groups excluding carboxylic acids is 1. The van der Waals surface area contributed by atoms with E-state index in [2.05, 4.69) is 15.6 Å². The highest BCUT2D eigenvalue weighted by atomic mass is 16.4. The lowest BCUT2D eigenvalue weighted by atomic mass is 10.1. The summed E-state index contributed by atoms with van der Waals surface area (Å²) in [4.78, 5) is 29.9. The number of aromatic carboxylic acids is 1. The molecule has 0 aromatic heterocycles. The number of nitrogens with zero attached hydrogens (tertiary/aromatic N) is 2. The van der Waals surface area contributed by atoms with E-state index >= 15 is 0 Å². The second-order valence-electron chi connectivity index (χ2n) is 6.50. The predicted octanol–water partition coefficient (Wildman–Crippen LogP) is 4.58. The number of rotatable bonds is 4. The minimum absolute atomic E-state index is 0.0882. The Labute approximate surface area is 173 Å². The van der Waals surface area contributed by atoms with Crippen LogP contribution in [0, 0.1) is 0 Å². The topological polar surface area (TPSA) is 94.0 Å². The minimum Gasteiger partial charge on any atom is -0.478 e. The van der Waals surface area contributed by atoms with Gasteiger partial charge in [0.05, 0.1) is 17.5 Å². The quantitative estimate of drug-likeness (QED) is 0.600. The van der Waals surface area contributed by atoms with Gasteiger partial charge < -0.3 is 15.3 Å². The summed E-state index contributed by atoms with van der Waals surface area (Å²) in [6.07, 6.45) is 3.43. The largest absolute Gasteiger partial charge is 0.478 e. The van der Waals surface area contributed by atoms with E-state index < -0.39 is 12.0 Å². The lowest BCUT2D eigenvalue weighted by Crippen LogP contribution is -2.28. The zero-order valence-electron chi connectivity index (χ0n) is 15.8. The Balaban J connectivity index is 1.59. The highest BCUT2D eigenvalue weighted by Crippen LogP contribution is 2.30. The second-order valence-corrected chi connectivity index (χ2v) is 6.50. The van der Waals surface area contributed by atoms with E-state index in [9.17, 15) is 9.59 Å². The van der Waals surface area contributed by atoms with Crippen LogP contribution in [-0.2, 0) is 0 Å². The fourth-order valence-electron chi connectivity index (χ4n) is 3.06. The Morgan fingerprint density at radius 1 is 0.867 bits per heavy atom. The molecule has 0 unspecified atom stereocenters. The van der Waals surface area contributed by atoms with Crippen LogP contribution in [0.15, 0.2) is 95.9 Å². The third-order valence-electron chi connectivity index (χ3n) is 4.43. The summed E-state index contributed by atoms with van der Waals surface area (Å²) in [6, 6.07) is 23.0. The van der Waals surface area contributed by atoms with Gasteiger partial charge in [0.25, 0.3) is 0 Å². The fourth-order valence-corrected chi connectivity index (χ4v) is 3.06. The van der Waals surface area contributed by atoms with E-state index in [1.165, 1.54) is 12.1 Å². The average Bonchev–Trinajstić information content (AvgIpc) is 2.94. The van der Waals surface area contributed by atoms with Gasteiger partial charge in [0.1, 0.15) is 0 Å². The third-order valence-corrected chi connectivity index (χ3v) is 4.43. The number of aliphatic imine (C=N–C) groups is 1. The van der Waals surface area contributed by atoms with Gasteiger partial charge in [-0.25, -0.2) is 14.6 Å². The number of carboxylic acid groups (broad SMARTS) is 1. The maximum absolute atomic E-state index is 12.5. The molecule has 0 aliphatic carbocycles. The molecule has 1 heterocycles. The lowest BCUT2D eigenvalue weighted by Gasteiger charge is -2.22. The van der Waals surface area contributed by atoms with Crippen LogP contribution in [0.4, 0.5) is 21.9 Å². The lowest BCUT2D eigenvalue weighted by molar-refractivity contribution is 0.0697. The van der Waals surface area contributed by atoms with E-state index in [0.717, 1.165) is 16.9 Å². The van der Waals surface area contributed by atoms with Crippen LogP contribution < -0.4 is 15.5 Å². The van der Waals surface area contributed by atoms with Crippen molar-refractivity contribution in [3.05, 3.63) is 102 Å². The molecule has 0 bridgehead atoms. The number of hydrogen-bond donors (Lipinski definition) is 3. The van der Waals surface area contributed by atoms with Crippen molar-refractivity contribution >= 4 is 35.3 Å². The van der Waals surface area contributed by atoms with E-state index in [1.54, 1.807) is 24.5 Å². The number of fused-ring (bicyclic) bond motifs is 1. The number of urea groups is 1. The molecule has 3 aromatic carbocycles. The molecule has 0 radical (unpaired) electrons. The van der Waals surface area contributed by atoms with Crippen molar-refractivity contribution in [2.45, 2.75) is 0 Å². The van der Waals surface area contributed by atoms with E-state index in [0.29, 0.717) is 11.5 Å². The smallest absolute Gasteiger partial charge is 0.335 e. The number of amides is 2. The summed E-state index contributed by atoms with van der Waals surface area (Å²) in [6.45, 7) is 0. The minimum atomic E-state index is -1.06. The molecule has 148 valence electrons. The molecule has 3 N–H and O–H groups in total. The molecule has 2 amide bonds. The molecule has 1 aliphatic rings. The zero-order valence-corrected chi connectivity index (χ0v) is 15.8. The summed E-state index contributed by atoms with van der Waals surface area (Å²) in [5.74, 6) is -0.728. The molecular formula is C23H18N4O3. The van der Waals surface area contributed by atoms with Crippen LogP contribution in [-0.4, -0.2) is 23.3 Å². The van der Waals surface area contributed by atoms with Gasteiger partial charge in [-0.05, 0) is 36.4 Å². The van der Waals surface area contributed by atoms with Crippen LogP contribution in [0.5, 0.6) is 0 Å². The maximum atomic E-state index is 12.5. The van der Waals surface area contributed by atoms with E-state index in [-0.39, 0.29) is 5.56 Å². The Bertz CT molecular complexity index is 1160. The molecule has 7 nitrogen and oxygen atoms in total. The highest BCUT2D eigenvalue weighted by molar-refractivity contribution is 5.95. The molecule has 30 heavy (non-hydrogen) atoms. The van der Waals surface area contributed by atoms with Crippen LogP contribution in [0.2, 0.25) is 0 Å². The summed E-state index contributed by atoms with van der Waals surface area (Å²) in [7, 11) is 0. The summed E-state index contributed by atoms with van der Waals surface area (Å²) >= 11 is 0. The highest BCUT2D eigenvalue weighted by Gasteiger charge is 2.16. The monoisotopic (exact) mass is 398 g/mol. The second kappa shape index (κ2) is 8.32. The standard InChI is InChI=1S/C23H18N4O3/c28-22(29)16-8-6-9-18(13-16)25-23(30)26-21-15-27(19-10-2-1-3-11-19)20-12-5-4-7-17(20)14-24-21/h1-15H,(H,28,29)(H2,25,26,30). The Morgan fingerprint density at radius 3 is 2.43 bits per heavy atom. The normalized spacial score (nSPS) is 12.4. The Hall–Kier alpha value is -4.39. The molecule has 1 aliphatic heterocycles. The number of nitrogens with one attached hydrogen (secondary N) is 2. The van der Waals surface area contributed by atoms with Gasteiger partial charge in [-0.1, -0.05) is 42.5 Å². The average molecular weight is 398 g/mol. The van der Waals surface area contributed by atoms with Crippen LogP contribution in [0.25, 0.3) is 0 Å². The summed E-state index contributed by atoms with van der Waals surface area (Å²) in [5.41, 5.74) is 3.21. The molecule has 0 atom stereocenters. The van der Waals surface area contributed by atoms with Crippen molar-refractivity contribution < 1.29 is 14.7 Å². The zero-order chi connectivity index (χ0) is 20.9. The molecule has 4 rings (SSSR count). The van der Waals surface area contributed by atoms with Crippen molar-refractivity contribution in [1.29, 1.82) is 0 Å². The first-order valence-electron chi connectivity index (χ1n) is 9.21. The van der Waals surface area contributed by atoms with Gasteiger partial charge in [-0.15, -0.1) is 0 Å². The van der Waals surface area contributed by atoms with Crippen molar-refractivity contribution in [2.24, 2.45) is 4.99 Å². The van der Waals surface area contributed by atoms with Crippen molar-refractivity contribution in [1.82, 2.24) is 5.32 Å². The summed E-state index contributed by atoms with van der Waals surface area (Å²) < 4.78 is 0. The Kier molecular flexibility index (Phi) is 5.25. The number of benzene rings is 3. The van der Waals surface area contributed by atoms with Gasteiger partial charge in [0, 0.05) is 23.2 Å². The first-order valence-corrected chi connectivity index (χ1v) is 9.21. The van der Waals surface area contributed by atoms with Crippen LogP contribution >= 0.6 is 0 Å². The SMILES string of the molecule is O=C(NC1=CN(c2ccccc2)c2ccccc2C=N1)Nc1cccc(C(=O)O)c1. The predicted molar refractivity (Wildman–Crippen MR) is 116 cm³/mol. The van der Waals surface area contributed by atoms with Gasteiger partial charge in [0.2, 0.25) is 0 Å². The number of carbonyl (C=O) groups is 2. The number of para-hydroxylation sites is 2. The van der Waals surface area contributed by atoms with Crippen molar-refractivity contribution in [3.8, 4) is 0 Å². The summed E-state index contributed by atoms with van der Waals surface area (Å²) in [5, 5.41) is 14.4. The first kappa shape index (κ1) is 18.9. The van der Waals surface area contributed by atoms with Gasteiger partial charge in [0.15, 0.2) is 5.82 Å². The number of hydrogen-bond acceptors (Lipinski definition) is 4. The number of anilines is 3. The Morgan fingerprint density at radius 2 is 1.63 bits per heavy atom. The molecular weight excluding hydrogens is 380 g/mol. The fraction of sp³-hybridized carbons (Fsp3) is 0. The third kappa shape index (κ3) is 4.20. The van der Waals surface area contributed by atoms with E-state index in [4.69, 9.17) is 5.11 Å². The molecule has 0 spiro atoms. The molecule has 0 saturated heterocycles. The first-order chi connectivity index (χ1) is 14.6. The van der Waals surface area contributed by atoms with Crippen LogP contribution in [0.3, 0.4) is 0 Å². The van der Waals surface area contributed by atoms with Gasteiger partial charge in [-0.2, -0.15) is 0 Å². The van der Waals surface area contributed by atoms with Gasteiger partial charge in [-0.3, -0.25) is 5.32 Å². The van der Waals surface area contributed by atoms with Crippen LogP contribution in [0.1, 0.15) is 15.9 Å². The van der Waals surface area contributed by atoms with E-state index in [1.807, 2.05) is 59.5 Å². The van der Waals surface area contributed by atoms with Crippen molar-refractivity contribution in [3.63, 3.8) is 0 Å². The molecule has 7 heteroatoms. The molecule has 3 aromatic rings. The van der Waals surface area contributed by atoms with Crippen molar-refractivity contribution in [2.75, 3.05) is 10.2 Å². The molecule has 0 fully saturated rings. The number of carboxylic acids is 1.